The molecule has 0 aromatic rings. The topological polar surface area (TPSA) is 0 Å². The van der Waals surface area contributed by atoms with Crippen molar-refractivity contribution in [1.29, 1.82) is 0 Å². The first-order valence-corrected chi connectivity index (χ1v) is 12.8. The fraction of sp³-hybridized carbons (Fsp3) is 1.00. The van der Waals surface area contributed by atoms with Gasteiger partial charge in [-0.2, -0.15) is 47.0 Å². The van der Waals surface area contributed by atoms with Gasteiger partial charge in [-0.3, -0.25) is 0 Å². The first-order valence-electron chi connectivity index (χ1n) is 8.17. The molecule has 120 valence electrons. The van der Waals surface area contributed by atoms with Crippen molar-refractivity contribution in [2.45, 2.75) is 39.5 Å². The van der Waals surface area contributed by atoms with Crippen LogP contribution in [0.1, 0.15) is 39.5 Å². The van der Waals surface area contributed by atoms with E-state index < -0.39 is 0 Å². The Hall–Kier alpha value is 1.40. The molecule has 1 aliphatic heterocycles. The monoisotopic (exact) mass is 352 g/mol. The molecular formula is C16H32S4. The lowest BCUT2D eigenvalue weighted by Crippen LogP contribution is -2.11. The Morgan fingerprint density at radius 1 is 0.600 bits per heavy atom. The summed E-state index contributed by atoms with van der Waals surface area (Å²) < 4.78 is 0. The number of hydrogen-bond acceptors (Lipinski definition) is 4. The largest absolute Gasteiger partial charge is 0.161 e. The second-order valence-electron chi connectivity index (χ2n) is 5.61. The Kier molecular flexibility index (Phi) is 13.6. The second kappa shape index (κ2) is 14.0. The fourth-order valence-electron chi connectivity index (χ4n) is 2.48. The molecule has 1 saturated heterocycles. The second-order valence-corrected chi connectivity index (χ2v) is 10.2. The van der Waals surface area contributed by atoms with Crippen LogP contribution in [0.4, 0.5) is 0 Å². The van der Waals surface area contributed by atoms with Gasteiger partial charge in [-0.15, -0.1) is 0 Å². The van der Waals surface area contributed by atoms with E-state index >= 15 is 0 Å². The van der Waals surface area contributed by atoms with Gasteiger partial charge in [0.1, 0.15) is 0 Å². The molecule has 0 unspecified atom stereocenters. The van der Waals surface area contributed by atoms with E-state index in [9.17, 15) is 0 Å². The maximum Gasteiger partial charge on any atom is 0.00236 e. The molecule has 0 nitrogen and oxygen atoms in total. The average molecular weight is 353 g/mol. The summed E-state index contributed by atoms with van der Waals surface area (Å²) in [5, 5.41) is 0. The molecular weight excluding hydrogens is 320 g/mol. The van der Waals surface area contributed by atoms with Crippen LogP contribution in [0.3, 0.4) is 0 Å². The minimum Gasteiger partial charge on any atom is -0.161 e. The Balaban J connectivity index is 2.29. The van der Waals surface area contributed by atoms with Crippen molar-refractivity contribution in [3.8, 4) is 0 Å². The first kappa shape index (κ1) is 19.4. The van der Waals surface area contributed by atoms with E-state index in [-0.39, 0.29) is 0 Å². The first-order chi connectivity index (χ1) is 9.86. The lowest BCUT2D eigenvalue weighted by Gasteiger charge is -2.18. The van der Waals surface area contributed by atoms with E-state index in [0.717, 1.165) is 11.8 Å². The highest BCUT2D eigenvalue weighted by Gasteiger charge is 2.11. The Bertz CT molecular complexity index is 173. The van der Waals surface area contributed by atoms with Gasteiger partial charge < -0.3 is 0 Å². The average Bonchev–Trinajstić information content (AvgIpc) is 2.45. The molecule has 0 aromatic carbocycles. The third kappa shape index (κ3) is 10.2. The molecule has 1 rings (SSSR count). The van der Waals surface area contributed by atoms with Gasteiger partial charge in [-0.05, 0) is 47.7 Å². The molecule has 20 heavy (non-hydrogen) atoms. The third-order valence-corrected chi connectivity index (χ3v) is 8.87. The molecule has 1 heterocycles. The molecule has 0 spiro atoms. The van der Waals surface area contributed by atoms with Crippen molar-refractivity contribution in [2.24, 2.45) is 11.8 Å². The summed E-state index contributed by atoms with van der Waals surface area (Å²) in [4.78, 5) is 0. The van der Waals surface area contributed by atoms with Crippen LogP contribution in [0.2, 0.25) is 0 Å². The number of rotatable bonds is 4. The molecule has 1 aliphatic rings. The van der Waals surface area contributed by atoms with Crippen LogP contribution in [0.15, 0.2) is 0 Å². The lowest BCUT2D eigenvalue weighted by atomic mass is 10.1. The van der Waals surface area contributed by atoms with Crippen LogP contribution in [-0.2, 0) is 0 Å². The number of hydrogen-bond donors (Lipinski definition) is 0. The molecule has 0 radical (unpaired) electrons. The molecule has 0 aromatic heterocycles. The van der Waals surface area contributed by atoms with Crippen molar-refractivity contribution < 1.29 is 0 Å². The lowest BCUT2D eigenvalue weighted by molar-refractivity contribution is 0.593. The molecule has 0 N–H and O–H groups in total. The summed E-state index contributed by atoms with van der Waals surface area (Å²) >= 11 is 8.81. The van der Waals surface area contributed by atoms with E-state index in [1.54, 1.807) is 0 Å². The van der Waals surface area contributed by atoms with Gasteiger partial charge in [0, 0.05) is 23.0 Å². The van der Waals surface area contributed by atoms with Crippen LogP contribution < -0.4 is 0 Å². The third-order valence-electron chi connectivity index (χ3n) is 3.55. The van der Waals surface area contributed by atoms with Crippen LogP contribution in [0, 0.1) is 11.8 Å². The standard InChI is InChI=1S/C16H32S4/c1-3-5-15-11-17-7-9-19-13-16(6-4-2)14-20-10-8-18-12-15/h15-16H,3-14H2,1-2H3. The van der Waals surface area contributed by atoms with Crippen molar-refractivity contribution in [1.82, 2.24) is 0 Å². The summed E-state index contributed by atoms with van der Waals surface area (Å²) in [7, 11) is 0. The summed E-state index contributed by atoms with van der Waals surface area (Å²) in [5.74, 6) is 13.0. The Morgan fingerprint density at radius 2 is 0.900 bits per heavy atom. The van der Waals surface area contributed by atoms with Gasteiger partial charge in [-0.1, -0.05) is 26.7 Å². The van der Waals surface area contributed by atoms with Gasteiger partial charge in [-0.25, -0.2) is 0 Å². The highest BCUT2D eigenvalue weighted by Crippen LogP contribution is 2.24. The van der Waals surface area contributed by atoms with Crippen LogP contribution in [-0.4, -0.2) is 46.0 Å². The van der Waals surface area contributed by atoms with E-state index in [0.29, 0.717) is 0 Å². The summed E-state index contributed by atoms with van der Waals surface area (Å²) in [5.41, 5.74) is 0. The summed E-state index contributed by atoms with van der Waals surface area (Å²) in [6.07, 6.45) is 5.57. The van der Waals surface area contributed by atoms with Crippen molar-refractivity contribution in [3.63, 3.8) is 0 Å². The molecule has 0 saturated carbocycles. The van der Waals surface area contributed by atoms with E-state index in [1.807, 2.05) is 0 Å². The molecule has 0 amide bonds. The highest BCUT2D eigenvalue weighted by molar-refractivity contribution is 8.03. The predicted octanol–water partition coefficient (Wildman–Crippen LogP) is 5.77. The Morgan fingerprint density at radius 3 is 1.15 bits per heavy atom. The van der Waals surface area contributed by atoms with E-state index in [4.69, 9.17) is 0 Å². The molecule has 0 aliphatic carbocycles. The molecule has 4 heteroatoms. The van der Waals surface area contributed by atoms with E-state index in [2.05, 4.69) is 60.9 Å². The minimum atomic E-state index is 0.959. The zero-order valence-corrected chi connectivity index (χ0v) is 16.5. The SMILES string of the molecule is CCCC1CSCCSCC(CCC)CSCCSC1. The molecule has 0 atom stereocenters. The Labute approximate surface area is 144 Å². The fourth-order valence-corrected chi connectivity index (χ4v) is 7.80. The molecule has 1 fully saturated rings. The van der Waals surface area contributed by atoms with Gasteiger partial charge in [0.15, 0.2) is 0 Å². The summed E-state index contributed by atoms with van der Waals surface area (Å²) in [6, 6.07) is 0. The maximum absolute atomic E-state index is 2.33. The highest BCUT2D eigenvalue weighted by atomic mass is 32.2. The number of thioether (sulfide) groups is 4. The molecule has 0 bridgehead atoms. The van der Waals surface area contributed by atoms with Gasteiger partial charge in [0.2, 0.25) is 0 Å². The van der Waals surface area contributed by atoms with Crippen LogP contribution in [0.5, 0.6) is 0 Å². The van der Waals surface area contributed by atoms with Crippen LogP contribution >= 0.6 is 47.0 Å². The van der Waals surface area contributed by atoms with Crippen LogP contribution in [0.25, 0.3) is 0 Å². The van der Waals surface area contributed by atoms with Gasteiger partial charge in [0.05, 0.1) is 0 Å². The van der Waals surface area contributed by atoms with Gasteiger partial charge in [0.25, 0.3) is 0 Å². The van der Waals surface area contributed by atoms with Crippen molar-refractivity contribution >= 4 is 47.0 Å². The maximum atomic E-state index is 2.33. The zero-order chi connectivity index (χ0) is 14.5. The minimum absolute atomic E-state index is 0.959. The smallest absolute Gasteiger partial charge is 0.00236 e. The normalized spacial score (nSPS) is 27.9. The zero-order valence-electron chi connectivity index (χ0n) is 13.3. The van der Waals surface area contributed by atoms with Crippen molar-refractivity contribution in [3.05, 3.63) is 0 Å². The van der Waals surface area contributed by atoms with E-state index in [1.165, 1.54) is 71.7 Å². The summed E-state index contributed by atoms with van der Waals surface area (Å²) in [6.45, 7) is 4.67. The van der Waals surface area contributed by atoms with Gasteiger partial charge >= 0.3 is 0 Å². The predicted molar refractivity (Wildman–Crippen MR) is 106 cm³/mol. The van der Waals surface area contributed by atoms with Crippen molar-refractivity contribution in [2.75, 3.05) is 46.0 Å². The quantitative estimate of drug-likeness (QED) is 0.630.